The number of imide groups is 1. The van der Waals surface area contributed by atoms with Crippen molar-refractivity contribution in [2.45, 2.75) is 84.3 Å². The maximum atomic E-state index is 12.7. The fourth-order valence-corrected chi connectivity index (χ4v) is 2.92. The summed E-state index contributed by atoms with van der Waals surface area (Å²) in [5, 5.41) is 14.4. The summed E-state index contributed by atoms with van der Waals surface area (Å²) in [4.78, 5) is 26.2. The van der Waals surface area contributed by atoms with Crippen LogP contribution in [0.4, 0.5) is 4.79 Å². The number of hydrogen-bond acceptors (Lipinski definition) is 5. The van der Waals surface area contributed by atoms with Gasteiger partial charge >= 0.3 is 6.03 Å². The molecule has 2 heterocycles. The number of carbonyl (C=O) groups is 2. The monoisotopic (exact) mass is 336 g/mol. The maximum absolute atomic E-state index is 12.7. The fraction of sp³-hybridized carbons (Fsp3) is 0.812. The van der Waals surface area contributed by atoms with E-state index in [1.165, 1.54) is 4.90 Å². The Hall–Kier alpha value is -1.99. The molecule has 0 aliphatic carbocycles. The van der Waals surface area contributed by atoms with E-state index >= 15 is 0 Å². The third-order valence-electron chi connectivity index (χ3n) is 4.50. The van der Waals surface area contributed by atoms with Gasteiger partial charge in [-0.25, -0.2) is 9.48 Å². The summed E-state index contributed by atoms with van der Waals surface area (Å²) < 4.78 is 1.67. The number of tetrazole rings is 1. The van der Waals surface area contributed by atoms with Gasteiger partial charge in [0.25, 0.3) is 5.91 Å². The van der Waals surface area contributed by atoms with Crippen molar-refractivity contribution >= 4 is 11.9 Å². The van der Waals surface area contributed by atoms with Crippen LogP contribution in [0.25, 0.3) is 0 Å². The molecule has 1 N–H and O–H groups in total. The molecule has 8 nitrogen and oxygen atoms in total. The van der Waals surface area contributed by atoms with E-state index in [0.717, 1.165) is 38.5 Å². The van der Waals surface area contributed by atoms with Gasteiger partial charge in [0, 0.05) is 6.54 Å². The van der Waals surface area contributed by atoms with Gasteiger partial charge in [0.05, 0.1) is 6.54 Å². The van der Waals surface area contributed by atoms with Crippen LogP contribution in [0, 0.1) is 0 Å². The third kappa shape index (κ3) is 4.10. The lowest BCUT2D eigenvalue weighted by Crippen LogP contribution is -2.43. The summed E-state index contributed by atoms with van der Waals surface area (Å²) in [6.07, 6.45) is 6.93. The zero-order valence-corrected chi connectivity index (χ0v) is 14.9. The van der Waals surface area contributed by atoms with Gasteiger partial charge in [-0.15, -0.1) is 5.10 Å². The number of amides is 3. The average molecular weight is 336 g/mol. The van der Waals surface area contributed by atoms with Crippen molar-refractivity contribution in [1.29, 1.82) is 0 Å². The molecule has 2 rings (SSSR count). The summed E-state index contributed by atoms with van der Waals surface area (Å²) in [7, 11) is 0. The van der Waals surface area contributed by atoms with Crippen LogP contribution in [-0.4, -0.2) is 42.6 Å². The van der Waals surface area contributed by atoms with Gasteiger partial charge in [-0.3, -0.25) is 9.69 Å². The molecule has 1 aliphatic rings. The predicted molar refractivity (Wildman–Crippen MR) is 89.0 cm³/mol. The first kappa shape index (κ1) is 18.4. The molecule has 1 aromatic rings. The van der Waals surface area contributed by atoms with E-state index in [4.69, 9.17) is 0 Å². The largest absolute Gasteiger partial charge is 0.325 e. The van der Waals surface area contributed by atoms with Crippen molar-refractivity contribution in [3.8, 4) is 0 Å². The van der Waals surface area contributed by atoms with Gasteiger partial charge in [0.1, 0.15) is 5.54 Å². The Balaban J connectivity index is 2.00. The van der Waals surface area contributed by atoms with Crippen molar-refractivity contribution in [3.05, 3.63) is 5.82 Å². The molecule has 1 atom stereocenters. The highest BCUT2D eigenvalue weighted by Crippen LogP contribution is 2.25. The molecule has 0 radical (unpaired) electrons. The van der Waals surface area contributed by atoms with Gasteiger partial charge in [-0.2, -0.15) is 0 Å². The molecule has 0 spiro atoms. The Morgan fingerprint density at radius 1 is 1.08 bits per heavy atom. The molecule has 0 bridgehead atoms. The van der Waals surface area contributed by atoms with Crippen LogP contribution in [0.3, 0.4) is 0 Å². The Morgan fingerprint density at radius 3 is 2.54 bits per heavy atom. The van der Waals surface area contributed by atoms with Crippen molar-refractivity contribution in [3.63, 3.8) is 0 Å². The van der Waals surface area contributed by atoms with Crippen molar-refractivity contribution < 1.29 is 9.59 Å². The number of unbranched alkanes of at least 4 members (excludes halogenated alkanes) is 4. The second-order valence-corrected chi connectivity index (χ2v) is 6.64. The first-order chi connectivity index (χ1) is 11.5. The average Bonchev–Trinajstić information content (AvgIpc) is 3.08. The van der Waals surface area contributed by atoms with E-state index in [1.807, 2.05) is 0 Å². The Labute approximate surface area is 143 Å². The number of nitrogens with one attached hydrogen (secondary N) is 1. The summed E-state index contributed by atoms with van der Waals surface area (Å²) in [5.41, 5.74) is -0.813. The van der Waals surface area contributed by atoms with Crippen molar-refractivity contribution in [2.75, 3.05) is 0 Å². The van der Waals surface area contributed by atoms with E-state index in [-0.39, 0.29) is 18.5 Å². The summed E-state index contributed by atoms with van der Waals surface area (Å²) in [6.45, 7) is 6.85. The number of nitrogens with zero attached hydrogens (tertiary/aromatic N) is 5. The Morgan fingerprint density at radius 2 is 1.83 bits per heavy atom. The summed E-state index contributed by atoms with van der Waals surface area (Å²) in [6, 6.07) is -0.358. The summed E-state index contributed by atoms with van der Waals surface area (Å²) in [5.74, 6) is 0.358. The van der Waals surface area contributed by atoms with Crippen molar-refractivity contribution in [2.24, 2.45) is 0 Å². The minimum atomic E-state index is -0.813. The van der Waals surface area contributed by atoms with Crippen LogP contribution in [0.1, 0.15) is 71.5 Å². The predicted octanol–water partition coefficient (Wildman–Crippen LogP) is 2.25. The normalized spacial score (nSPS) is 20.7. The molecule has 1 aromatic heterocycles. The van der Waals surface area contributed by atoms with Gasteiger partial charge in [-0.05, 0) is 30.2 Å². The van der Waals surface area contributed by atoms with Crippen LogP contribution in [-0.2, 0) is 17.9 Å². The molecule has 134 valence electrons. The van der Waals surface area contributed by atoms with Gasteiger partial charge in [0.15, 0.2) is 5.82 Å². The second-order valence-electron chi connectivity index (χ2n) is 6.64. The highest BCUT2D eigenvalue weighted by Gasteiger charge is 2.47. The summed E-state index contributed by atoms with van der Waals surface area (Å²) >= 11 is 0. The quantitative estimate of drug-likeness (QED) is 0.522. The van der Waals surface area contributed by atoms with Gasteiger partial charge in [-0.1, -0.05) is 46.0 Å². The van der Waals surface area contributed by atoms with E-state index in [0.29, 0.717) is 18.8 Å². The maximum Gasteiger partial charge on any atom is 0.325 e. The lowest BCUT2D eigenvalue weighted by molar-refractivity contribution is -0.131. The lowest BCUT2D eigenvalue weighted by atomic mass is 9.94. The molecule has 1 aliphatic heterocycles. The highest BCUT2D eigenvalue weighted by atomic mass is 16.2. The van der Waals surface area contributed by atoms with E-state index in [2.05, 4.69) is 34.7 Å². The molecule has 1 fully saturated rings. The topological polar surface area (TPSA) is 93.0 Å². The van der Waals surface area contributed by atoms with Crippen LogP contribution in [0.5, 0.6) is 0 Å². The molecule has 1 saturated heterocycles. The molecule has 8 heteroatoms. The smallest absolute Gasteiger partial charge is 0.323 e. The molecule has 24 heavy (non-hydrogen) atoms. The van der Waals surface area contributed by atoms with Crippen LogP contribution >= 0.6 is 0 Å². The number of carbonyl (C=O) groups excluding carboxylic acids is 2. The number of urea groups is 1. The number of hydrogen-bond donors (Lipinski definition) is 1. The number of aryl methyl sites for hydroxylation is 1. The first-order valence-electron chi connectivity index (χ1n) is 8.91. The van der Waals surface area contributed by atoms with E-state index in [9.17, 15) is 9.59 Å². The zero-order valence-electron chi connectivity index (χ0n) is 14.9. The lowest BCUT2D eigenvalue weighted by Gasteiger charge is -2.21. The molecule has 0 saturated carbocycles. The number of rotatable bonds is 10. The minimum absolute atomic E-state index is 0.117. The van der Waals surface area contributed by atoms with Crippen LogP contribution in [0.15, 0.2) is 0 Å². The second kappa shape index (κ2) is 8.21. The first-order valence-corrected chi connectivity index (χ1v) is 8.91. The van der Waals surface area contributed by atoms with E-state index in [1.54, 1.807) is 11.6 Å². The van der Waals surface area contributed by atoms with Crippen LogP contribution < -0.4 is 5.32 Å². The van der Waals surface area contributed by atoms with Gasteiger partial charge < -0.3 is 5.32 Å². The standard InChI is InChI=1S/C16H28N6O2/c1-4-6-8-9-10-16(3)14(23)21(15(24)17-16)12-13-18-19-20-22(13)11-7-5-2/h4-12H2,1-3H3,(H,17,24). The Bertz CT molecular complexity index is 573. The Kier molecular flexibility index (Phi) is 6.28. The molecule has 3 amide bonds. The van der Waals surface area contributed by atoms with Gasteiger partial charge in [0.2, 0.25) is 0 Å². The molecule has 1 unspecified atom stereocenters. The minimum Gasteiger partial charge on any atom is -0.323 e. The third-order valence-corrected chi connectivity index (χ3v) is 4.50. The zero-order chi connectivity index (χ0) is 17.6. The van der Waals surface area contributed by atoms with Crippen LogP contribution in [0.2, 0.25) is 0 Å². The molecular weight excluding hydrogens is 308 g/mol. The fourth-order valence-electron chi connectivity index (χ4n) is 2.92. The SMILES string of the molecule is CCCCCCC1(C)NC(=O)N(Cc2nnnn2CCCC)C1=O. The number of aromatic nitrogens is 4. The van der Waals surface area contributed by atoms with E-state index < -0.39 is 5.54 Å². The van der Waals surface area contributed by atoms with Crippen molar-refractivity contribution in [1.82, 2.24) is 30.4 Å². The molecule has 0 aromatic carbocycles. The molecular formula is C16H28N6O2. The highest BCUT2D eigenvalue weighted by molar-refractivity contribution is 6.06.